The highest BCUT2D eigenvalue weighted by Crippen LogP contribution is 2.19. The van der Waals surface area contributed by atoms with Gasteiger partial charge in [0.15, 0.2) is 0 Å². The molecule has 0 saturated heterocycles. The summed E-state index contributed by atoms with van der Waals surface area (Å²) >= 11 is 3.32. The molecule has 0 fully saturated rings. The Morgan fingerprint density at radius 3 is 2.53 bits per heavy atom. The predicted octanol–water partition coefficient (Wildman–Crippen LogP) is 2.99. The van der Waals surface area contributed by atoms with E-state index in [1.165, 1.54) is 0 Å². The van der Waals surface area contributed by atoms with Gasteiger partial charge in [0.2, 0.25) is 0 Å². The molecule has 104 valence electrons. The third kappa shape index (κ3) is 4.06. The highest BCUT2D eigenvalue weighted by molar-refractivity contribution is 9.10. The van der Waals surface area contributed by atoms with Gasteiger partial charge in [-0.05, 0) is 46.5 Å². The molecule has 5 heteroatoms. The molecule has 0 heterocycles. The number of carboxylic acid groups (broad SMARTS) is 1. The van der Waals surface area contributed by atoms with Crippen molar-refractivity contribution in [1.82, 2.24) is 5.32 Å². The van der Waals surface area contributed by atoms with E-state index in [2.05, 4.69) is 21.2 Å². The summed E-state index contributed by atoms with van der Waals surface area (Å²) < 4.78 is 0.665. The second-order valence-electron chi connectivity index (χ2n) is 4.66. The summed E-state index contributed by atoms with van der Waals surface area (Å²) in [5, 5.41) is 11.7. The molecule has 1 aromatic carbocycles. The summed E-state index contributed by atoms with van der Waals surface area (Å²) in [7, 11) is 0. The molecule has 1 rings (SSSR count). The molecule has 0 aromatic heterocycles. The first-order chi connectivity index (χ1) is 8.86. The van der Waals surface area contributed by atoms with E-state index < -0.39 is 12.0 Å². The zero-order valence-electron chi connectivity index (χ0n) is 11.2. The van der Waals surface area contributed by atoms with Gasteiger partial charge < -0.3 is 10.4 Å². The fourth-order valence-electron chi connectivity index (χ4n) is 1.71. The number of aliphatic carboxylic acids is 1. The van der Waals surface area contributed by atoms with E-state index in [4.69, 9.17) is 5.11 Å². The minimum atomic E-state index is -1.01. The second-order valence-corrected chi connectivity index (χ2v) is 5.51. The van der Waals surface area contributed by atoms with E-state index in [1.54, 1.807) is 6.07 Å². The van der Waals surface area contributed by atoms with Crippen molar-refractivity contribution in [2.24, 2.45) is 5.92 Å². The minimum absolute atomic E-state index is 0.120. The van der Waals surface area contributed by atoms with Gasteiger partial charge in [-0.15, -0.1) is 0 Å². The van der Waals surface area contributed by atoms with Crippen LogP contribution in [0.3, 0.4) is 0 Å². The molecular weight excluding hydrogens is 310 g/mol. The SMILES string of the molecule is CCC(C)[C@H](NC(=O)c1ccc(C)cc1Br)C(=O)O. The van der Waals surface area contributed by atoms with Gasteiger partial charge in [-0.1, -0.05) is 26.3 Å². The Morgan fingerprint density at radius 1 is 1.42 bits per heavy atom. The lowest BCUT2D eigenvalue weighted by Gasteiger charge is -2.20. The van der Waals surface area contributed by atoms with E-state index in [9.17, 15) is 9.59 Å². The summed E-state index contributed by atoms with van der Waals surface area (Å²) in [4.78, 5) is 23.3. The summed E-state index contributed by atoms with van der Waals surface area (Å²) in [5.74, 6) is -1.50. The van der Waals surface area contributed by atoms with Crippen LogP contribution in [0.25, 0.3) is 0 Å². The zero-order chi connectivity index (χ0) is 14.6. The highest BCUT2D eigenvalue weighted by atomic mass is 79.9. The van der Waals surface area contributed by atoms with Crippen LogP contribution in [0.4, 0.5) is 0 Å². The third-order valence-corrected chi connectivity index (χ3v) is 3.79. The first-order valence-corrected chi connectivity index (χ1v) is 6.96. The van der Waals surface area contributed by atoms with Crippen molar-refractivity contribution < 1.29 is 14.7 Å². The number of hydrogen-bond acceptors (Lipinski definition) is 2. The first kappa shape index (κ1) is 15.7. The molecule has 0 spiro atoms. The number of hydrogen-bond donors (Lipinski definition) is 2. The van der Waals surface area contributed by atoms with Crippen LogP contribution in [-0.4, -0.2) is 23.0 Å². The van der Waals surface area contributed by atoms with Crippen LogP contribution in [0.2, 0.25) is 0 Å². The van der Waals surface area contributed by atoms with Crippen LogP contribution in [0.15, 0.2) is 22.7 Å². The normalized spacial score (nSPS) is 13.7. The van der Waals surface area contributed by atoms with Crippen LogP contribution in [0.1, 0.15) is 36.2 Å². The van der Waals surface area contributed by atoms with Crippen LogP contribution in [-0.2, 0) is 4.79 Å². The van der Waals surface area contributed by atoms with E-state index >= 15 is 0 Å². The maximum absolute atomic E-state index is 12.1. The maximum atomic E-state index is 12.1. The number of benzene rings is 1. The summed E-state index contributed by atoms with van der Waals surface area (Å²) in [6.07, 6.45) is 0.687. The quantitative estimate of drug-likeness (QED) is 0.873. The highest BCUT2D eigenvalue weighted by Gasteiger charge is 2.26. The monoisotopic (exact) mass is 327 g/mol. The molecule has 1 unspecified atom stereocenters. The van der Waals surface area contributed by atoms with E-state index in [0.29, 0.717) is 16.5 Å². The number of carbonyl (C=O) groups is 2. The standard InChI is InChI=1S/C14H18BrNO3/c1-4-9(3)12(14(18)19)16-13(17)10-6-5-8(2)7-11(10)15/h5-7,9,12H,4H2,1-3H3,(H,16,17)(H,18,19)/t9?,12-/m0/s1. The maximum Gasteiger partial charge on any atom is 0.326 e. The number of carboxylic acids is 1. The second kappa shape index (κ2) is 6.70. The molecule has 1 amide bonds. The number of amides is 1. The average Bonchev–Trinajstić information content (AvgIpc) is 2.34. The molecule has 0 aliphatic carbocycles. The zero-order valence-corrected chi connectivity index (χ0v) is 12.8. The Labute approximate surface area is 121 Å². The van der Waals surface area contributed by atoms with Crippen molar-refractivity contribution in [3.63, 3.8) is 0 Å². The first-order valence-electron chi connectivity index (χ1n) is 6.16. The summed E-state index contributed by atoms with van der Waals surface area (Å²) in [6.45, 7) is 5.63. The fraction of sp³-hybridized carbons (Fsp3) is 0.429. The van der Waals surface area contributed by atoms with Crippen molar-refractivity contribution in [1.29, 1.82) is 0 Å². The van der Waals surface area contributed by atoms with Gasteiger partial charge >= 0.3 is 5.97 Å². The van der Waals surface area contributed by atoms with Gasteiger partial charge in [0.25, 0.3) is 5.91 Å². The van der Waals surface area contributed by atoms with Crippen molar-refractivity contribution in [2.45, 2.75) is 33.2 Å². The molecule has 2 atom stereocenters. The van der Waals surface area contributed by atoms with Crippen LogP contribution >= 0.6 is 15.9 Å². The molecule has 1 aromatic rings. The number of nitrogens with one attached hydrogen (secondary N) is 1. The summed E-state index contributed by atoms with van der Waals surface area (Å²) in [5.41, 5.74) is 1.47. The Hall–Kier alpha value is -1.36. The predicted molar refractivity (Wildman–Crippen MR) is 77.2 cm³/mol. The van der Waals surface area contributed by atoms with Crippen LogP contribution < -0.4 is 5.32 Å². The Morgan fingerprint density at radius 2 is 2.05 bits per heavy atom. The molecule has 2 N–H and O–H groups in total. The third-order valence-electron chi connectivity index (χ3n) is 3.13. The van der Waals surface area contributed by atoms with Crippen molar-refractivity contribution in [3.05, 3.63) is 33.8 Å². The van der Waals surface area contributed by atoms with Gasteiger partial charge in [-0.25, -0.2) is 4.79 Å². The fourth-order valence-corrected chi connectivity index (χ4v) is 2.38. The smallest absolute Gasteiger partial charge is 0.326 e. The van der Waals surface area contributed by atoms with Gasteiger partial charge in [0, 0.05) is 4.47 Å². The Kier molecular flexibility index (Phi) is 5.54. The molecular formula is C14H18BrNO3. The molecule has 0 aliphatic heterocycles. The lowest BCUT2D eigenvalue weighted by molar-refractivity contribution is -0.140. The van der Waals surface area contributed by atoms with Crippen molar-refractivity contribution >= 4 is 27.8 Å². The van der Waals surface area contributed by atoms with Gasteiger partial charge in [0.1, 0.15) is 6.04 Å². The lowest BCUT2D eigenvalue weighted by atomic mass is 9.99. The van der Waals surface area contributed by atoms with Crippen LogP contribution in [0, 0.1) is 12.8 Å². The molecule has 0 saturated carbocycles. The van der Waals surface area contributed by atoms with E-state index in [-0.39, 0.29) is 11.8 Å². The molecule has 4 nitrogen and oxygen atoms in total. The van der Waals surface area contributed by atoms with Gasteiger partial charge in [-0.2, -0.15) is 0 Å². The van der Waals surface area contributed by atoms with Crippen LogP contribution in [0.5, 0.6) is 0 Å². The number of aryl methyl sites for hydroxylation is 1. The Bertz CT molecular complexity index is 488. The summed E-state index contributed by atoms with van der Waals surface area (Å²) in [6, 6.07) is 4.46. The van der Waals surface area contributed by atoms with Crippen molar-refractivity contribution in [3.8, 4) is 0 Å². The van der Waals surface area contributed by atoms with Gasteiger partial charge in [0.05, 0.1) is 5.56 Å². The van der Waals surface area contributed by atoms with Crippen molar-refractivity contribution in [2.75, 3.05) is 0 Å². The molecule has 0 radical (unpaired) electrons. The minimum Gasteiger partial charge on any atom is -0.480 e. The van der Waals surface area contributed by atoms with E-state index in [0.717, 1.165) is 5.56 Å². The van der Waals surface area contributed by atoms with Gasteiger partial charge in [-0.3, -0.25) is 4.79 Å². The lowest BCUT2D eigenvalue weighted by Crippen LogP contribution is -2.45. The number of halogens is 1. The molecule has 19 heavy (non-hydrogen) atoms. The Balaban J connectivity index is 2.91. The average molecular weight is 328 g/mol. The number of carbonyl (C=O) groups excluding carboxylic acids is 1. The molecule has 0 aliphatic rings. The largest absolute Gasteiger partial charge is 0.480 e. The van der Waals surface area contributed by atoms with E-state index in [1.807, 2.05) is 32.9 Å². The number of rotatable bonds is 5. The topological polar surface area (TPSA) is 66.4 Å². The molecule has 0 bridgehead atoms.